The van der Waals surface area contributed by atoms with E-state index >= 15 is 0 Å². The first-order valence-electron chi connectivity index (χ1n) is 6.10. The Morgan fingerprint density at radius 3 is 2.45 bits per heavy atom. The highest BCUT2D eigenvalue weighted by Gasteiger charge is 2.14. The number of aromatic nitrogens is 2. The summed E-state index contributed by atoms with van der Waals surface area (Å²) in [5.74, 6) is 2.42. The number of halogens is 1. The average molecular weight is 377 g/mol. The van der Waals surface area contributed by atoms with Crippen LogP contribution in [0.15, 0.2) is 46.9 Å². The SMILES string of the molecule is Cc1ccc(-c2nc(N)c(I)c(-c3ccccc3)n2)o1. The third kappa shape index (κ3) is 2.40. The number of aryl methyl sites for hydroxylation is 1. The second-order valence-corrected chi connectivity index (χ2v) is 5.45. The summed E-state index contributed by atoms with van der Waals surface area (Å²) in [6, 6.07) is 13.7. The summed E-state index contributed by atoms with van der Waals surface area (Å²) < 4.78 is 6.42. The van der Waals surface area contributed by atoms with Gasteiger partial charge in [0.2, 0.25) is 0 Å². The molecule has 0 aliphatic heterocycles. The average Bonchev–Trinajstić information content (AvgIpc) is 2.89. The van der Waals surface area contributed by atoms with E-state index in [-0.39, 0.29) is 0 Å². The molecule has 4 nitrogen and oxygen atoms in total. The largest absolute Gasteiger partial charge is 0.458 e. The molecule has 2 heterocycles. The molecule has 0 radical (unpaired) electrons. The van der Waals surface area contributed by atoms with Crippen molar-refractivity contribution in [3.05, 3.63) is 51.8 Å². The van der Waals surface area contributed by atoms with Gasteiger partial charge in [0, 0.05) is 5.56 Å². The van der Waals surface area contributed by atoms with Crippen molar-refractivity contribution in [3.63, 3.8) is 0 Å². The number of furan rings is 1. The van der Waals surface area contributed by atoms with Crippen molar-refractivity contribution in [2.45, 2.75) is 6.92 Å². The highest BCUT2D eigenvalue weighted by Crippen LogP contribution is 2.29. The van der Waals surface area contributed by atoms with Crippen LogP contribution in [0.4, 0.5) is 5.82 Å². The van der Waals surface area contributed by atoms with E-state index in [1.807, 2.05) is 49.4 Å². The van der Waals surface area contributed by atoms with Gasteiger partial charge in [-0.05, 0) is 41.6 Å². The van der Waals surface area contributed by atoms with Gasteiger partial charge < -0.3 is 10.2 Å². The molecule has 0 aliphatic rings. The van der Waals surface area contributed by atoms with Crippen LogP contribution in [0.5, 0.6) is 0 Å². The molecule has 0 saturated carbocycles. The summed E-state index contributed by atoms with van der Waals surface area (Å²) in [5.41, 5.74) is 7.83. The Morgan fingerprint density at radius 2 is 1.80 bits per heavy atom. The van der Waals surface area contributed by atoms with Crippen LogP contribution in [0.3, 0.4) is 0 Å². The molecule has 0 fully saturated rings. The van der Waals surface area contributed by atoms with E-state index in [1.165, 1.54) is 0 Å². The Balaban J connectivity index is 2.18. The molecule has 0 unspecified atom stereocenters. The van der Waals surface area contributed by atoms with E-state index in [1.54, 1.807) is 0 Å². The van der Waals surface area contributed by atoms with Gasteiger partial charge in [-0.15, -0.1) is 0 Å². The maximum atomic E-state index is 6.00. The predicted octanol–water partition coefficient (Wildman–Crippen LogP) is 3.90. The number of rotatable bonds is 2. The minimum Gasteiger partial charge on any atom is -0.458 e. The van der Waals surface area contributed by atoms with Crippen molar-refractivity contribution >= 4 is 28.4 Å². The fourth-order valence-electron chi connectivity index (χ4n) is 1.92. The Labute approximate surface area is 130 Å². The fourth-order valence-corrected chi connectivity index (χ4v) is 2.47. The molecular weight excluding hydrogens is 365 g/mol. The van der Waals surface area contributed by atoms with Gasteiger partial charge >= 0.3 is 0 Å². The minimum absolute atomic E-state index is 0.462. The zero-order chi connectivity index (χ0) is 14.1. The summed E-state index contributed by atoms with van der Waals surface area (Å²) >= 11 is 2.17. The van der Waals surface area contributed by atoms with Crippen molar-refractivity contribution < 1.29 is 4.42 Å². The first-order chi connectivity index (χ1) is 9.65. The van der Waals surface area contributed by atoms with Crippen molar-refractivity contribution in [3.8, 4) is 22.8 Å². The molecule has 2 aromatic heterocycles. The lowest BCUT2D eigenvalue weighted by Crippen LogP contribution is -2.02. The number of nitrogen functional groups attached to an aromatic ring is 1. The van der Waals surface area contributed by atoms with Gasteiger partial charge in [-0.2, -0.15) is 0 Å². The lowest BCUT2D eigenvalue weighted by molar-refractivity contribution is 0.544. The molecule has 20 heavy (non-hydrogen) atoms. The molecule has 0 aliphatic carbocycles. The van der Waals surface area contributed by atoms with Crippen molar-refractivity contribution in [2.24, 2.45) is 0 Å². The molecule has 0 saturated heterocycles. The monoisotopic (exact) mass is 377 g/mol. The summed E-state index contributed by atoms with van der Waals surface area (Å²) in [6.07, 6.45) is 0. The van der Waals surface area contributed by atoms with Gasteiger partial charge in [0.15, 0.2) is 11.6 Å². The maximum absolute atomic E-state index is 6.00. The Morgan fingerprint density at radius 1 is 1.05 bits per heavy atom. The van der Waals surface area contributed by atoms with Gasteiger partial charge in [0.1, 0.15) is 11.6 Å². The summed E-state index contributed by atoms with van der Waals surface area (Å²) in [5, 5.41) is 0. The van der Waals surface area contributed by atoms with Crippen molar-refractivity contribution in [2.75, 3.05) is 5.73 Å². The van der Waals surface area contributed by atoms with Crippen molar-refractivity contribution in [1.82, 2.24) is 9.97 Å². The van der Waals surface area contributed by atoms with Crippen LogP contribution in [0.2, 0.25) is 0 Å². The third-order valence-corrected chi connectivity index (χ3v) is 3.95. The van der Waals surface area contributed by atoms with Crippen LogP contribution in [-0.2, 0) is 0 Å². The molecule has 0 spiro atoms. The number of benzene rings is 1. The molecule has 3 aromatic rings. The number of nitrogens with zero attached hydrogens (tertiary/aromatic N) is 2. The summed E-state index contributed by atoms with van der Waals surface area (Å²) in [6.45, 7) is 1.89. The molecule has 0 bridgehead atoms. The number of hydrogen-bond donors (Lipinski definition) is 1. The number of nitrogens with two attached hydrogens (primary N) is 1. The molecule has 0 atom stereocenters. The molecule has 0 amide bonds. The quantitative estimate of drug-likeness (QED) is 0.688. The summed E-state index contributed by atoms with van der Waals surface area (Å²) in [7, 11) is 0. The molecule has 1 aromatic carbocycles. The maximum Gasteiger partial charge on any atom is 0.198 e. The van der Waals surface area contributed by atoms with Gasteiger partial charge in [-0.1, -0.05) is 30.3 Å². The molecule has 100 valence electrons. The van der Waals surface area contributed by atoms with E-state index in [9.17, 15) is 0 Å². The van der Waals surface area contributed by atoms with E-state index in [0.717, 1.165) is 20.6 Å². The van der Waals surface area contributed by atoms with E-state index in [2.05, 4.69) is 32.6 Å². The van der Waals surface area contributed by atoms with Crippen LogP contribution >= 0.6 is 22.6 Å². The van der Waals surface area contributed by atoms with Gasteiger partial charge in [0.25, 0.3) is 0 Å². The summed E-state index contributed by atoms with van der Waals surface area (Å²) in [4.78, 5) is 8.90. The van der Waals surface area contributed by atoms with Crippen molar-refractivity contribution in [1.29, 1.82) is 0 Å². The molecule has 5 heteroatoms. The topological polar surface area (TPSA) is 64.9 Å². The smallest absolute Gasteiger partial charge is 0.198 e. The first kappa shape index (κ1) is 13.1. The molecule has 2 N–H and O–H groups in total. The lowest BCUT2D eigenvalue weighted by Gasteiger charge is -2.08. The Kier molecular flexibility index (Phi) is 3.43. The lowest BCUT2D eigenvalue weighted by atomic mass is 10.1. The van der Waals surface area contributed by atoms with Gasteiger partial charge in [0.05, 0.1) is 9.26 Å². The third-order valence-electron chi connectivity index (χ3n) is 2.88. The minimum atomic E-state index is 0.462. The van der Waals surface area contributed by atoms with Gasteiger partial charge in [-0.3, -0.25) is 0 Å². The van der Waals surface area contributed by atoms with Crippen LogP contribution in [0.1, 0.15) is 5.76 Å². The van der Waals surface area contributed by atoms with Crippen LogP contribution in [0, 0.1) is 10.5 Å². The second kappa shape index (κ2) is 5.24. The van der Waals surface area contributed by atoms with E-state index < -0.39 is 0 Å². The molecule has 3 rings (SSSR count). The Hall–Kier alpha value is -1.89. The molecular formula is C15H12IN3O. The normalized spacial score (nSPS) is 10.7. The fraction of sp³-hybridized carbons (Fsp3) is 0.0667. The Bertz CT molecular complexity index is 753. The second-order valence-electron chi connectivity index (χ2n) is 4.37. The van der Waals surface area contributed by atoms with Crippen LogP contribution < -0.4 is 5.73 Å². The predicted molar refractivity (Wildman–Crippen MR) is 87.0 cm³/mol. The first-order valence-corrected chi connectivity index (χ1v) is 7.18. The number of hydrogen-bond acceptors (Lipinski definition) is 4. The van der Waals surface area contributed by atoms with Crippen LogP contribution in [0.25, 0.3) is 22.8 Å². The highest BCUT2D eigenvalue weighted by atomic mass is 127. The van der Waals surface area contributed by atoms with E-state index in [4.69, 9.17) is 10.2 Å². The zero-order valence-electron chi connectivity index (χ0n) is 10.8. The highest BCUT2D eigenvalue weighted by molar-refractivity contribution is 14.1. The van der Waals surface area contributed by atoms with Gasteiger partial charge in [-0.25, -0.2) is 9.97 Å². The zero-order valence-corrected chi connectivity index (χ0v) is 13.0. The van der Waals surface area contributed by atoms with Crippen LogP contribution in [-0.4, -0.2) is 9.97 Å². The number of anilines is 1. The standard InChI is InChI=1S/C15H12IN3O/c1-9-7-8-11(20-9)15-18-13(12(16)14(17)19-15)10-5-3-2-4-6-10/h2-8H,1H3,(H2,17,18,19). The van der Waals surface area contributed by atoms with E-state index in [0.29, 0.717) is 17.4 Å².